The summed E-state index contributed by atoms with van der Waals surface area (Å²) in [6.45, 7) is 3.29. The molecule has 0 radical (unpaired) electrons. The lowest BCUT2D eigenvalue weighted by Gasteiger charge is -2.35. The Kier molecular flexibility index (Phi) is 18.1. The number of carboxylic acid groups (broad SMARTS) is 6. The first-order valence-corrected chi connectivity index (χ1v) is 12.3. The Morgan fingerprint density at radius 2 is 1.00 bits per heavy atom. The molecule has 0 aliphatic heterocycles. The fraction of sp³-hybridized carbons (Fsp3) is 0.609. The lowest BCUT2D eigenvalue weighted by atomic mass is 9.99. The van der Waals surface area contributed by atoms with Crippen LogP contribution in [0.1, 0.15) is 59.3 Å². The van der Waals surface area contributed by atoms with Gasteiger partial charge in [-0.3, -0.25) is 43.7 Å². The number of hydrogen-bond acceptors (Lipinski definition) is 11. The molecule has 3 amide bonds. The van der Waals surface area contributed by atoms with Crippen LogP contribution in [-0.4, -0.2) is 119 Å². The van der Waals surface area contributed by atoms with E-state index in [-0.39, 0.29) is 12.8 Å². The molecule has 5 unspecified atom stereocenters. The second-order valence-corrected chi connectivity index (χ2v) is 9.15. The van der Waals surface area contributed by atoms with Crippen molar-refractivity contribution >= 4 is 53.5 Å². The van der Waals surface area contributed by atoms with Crippen molar-refractivity contribution in [2.24, 2.45) is 0 Å². The van der Waals surface area contributed by atoms with Crippen LogP contribution in [0.2, 0.25) is 0 Å². The molecular weight excluding hydrogens is 588 g/mol. The number of nitrogens with one attached hydrogen (secondary N) is 4. The van der Waals surface area contributed by atoms with Gasteiger partial charge in [0.25, 0.3) is 0 Å². The first kappa shape index (κ1) is 40.3. The third-order valence-corrected chi connectivity index (χ3v) is 5.18. The molecular formula is C23H36N4O16. The molecule has 11 N–H and O–H groups in total. The van der Waals surface area contributed by atoms with Gasteiger partial charge in [0.1, 0.15) is 23.9 Å². The van der Waals surface area contributed by atoms with Gasteiger partial charge >= 0.3 is 35.8 Å². The summed E-state index contributed by atoms with van der Waals surface area (Å²) in [6, 6.07) is -5.64. The topological polar surface area (TPSA) is 343 Å². The van der Waals surface area contributed by atoms with Gasteiger partial charge in [0.2, 0.25) is 17.7 Å². The van der Waals surface area contributed by atoms with Crippen molar-refractivity contribution < 1.29 is 78.9 Å². The van der Waals surface area contributed by atoms with E-state index in [1.807, 2.05) is 5.32 Å². The summed E-state index contributed by atoms with van der Waals surface area (Å²) in [5.41, 5.74) is -2.06. The molecule has 0 rings (SSSR count). The highest BCUT2D eigenvalue weighted by Gasteiger charge is 2.38. The van der Waals surface area contributed by atoms with Gasteiger partial charge < -0.3 is 51.7 Å². The summed E-state index contributed by atoms with van der Waals surface area (Å²) in [5, 5.41) is 71.2. The average molecular weight is 625 g/mol. The number of carbonyl (C=O) groups is 9. The van der Waals surface area contributed by atoms with Crippen LogP contribution < -0.4 is 21.3 Å². The van der Waals surface area contributed by atoms with Crippen molar-refractivity contribution in [1.82, 2.24) is 21.3 Å². The first-order valence-electron chi connectivity index (χ1n) is 12.3. The fourth-order valence-corrected chi connectivity index (χ4v) is 3.22. The largest absolute Gasteiger partial charge is 0.481 e. The predicted octanol–water partition coefficient (Wildman–Crippen LogP) is -3.02. The lowest BCUT2D eigenvalue weighted by molar-refractivity contribution is -0.146. The Bertz CT molecular complexity index is 1030. The summed E-state index contributed by atoms with van der Waals surface area (Å²) >= 11 is 0. The molecule has 0 saturated carbocycles. The molecule has 0 aromatic heterocycles. The molecule has 0 aliphatic carbocycles. The Labute approximate surface area is 243 Å². The van der Waals surface area contributed by atoms with Gasteiger partial charge in [-0.15, -0.1) is 0 Å². The molecule has 5 atom stereocenters. The number of rotatable bonds is 19. The van der Waals surface area contributed by atoms with Crippen LogP contribution in [0.4, 0.5) is 0 Å². The monoisotopic (exact) mass is 624 g/mol. The number of aliphatic hydroxyl groups is 1. The van der Waals surface area contributed by atoms with Crippen LogP contribution in [0.5, 0.6) is 0 Å². The van der Waals surface area contributed by atoms with Crippen molar-refractivity contribution in [3.63, 3.8) is 0 Å². The van der Waals surface area contributed by atoms with E-state index in [9.17, 15) is 48.3 Å². The smallest absolute Gasteiger partial charge is 0.326 e. The molecule has 0 spiro atoms. The Balaban J connectivity index is 0. The van der Waals surface area contributed by atoms with Gasteiger partial charge in [0, 0.05) is 26.7 Å². The quantitative estimate of drug-likeness (QED) is 0.0637. The van der Waals surface area contributed by atoms with E-state index >= 15 is 0 Å². The number of amides is 3. The maximum Gasteiger partial charge on any atom is 0.326 e. The number of aliphatic carboxylic acids is 6. The lowest BCUT2D eigenvalue weighted by Crippen LogP contribution is -2.63. The van der Waals surface area contributed by atoms with E-state index in [4.69, 9.17) is 30.6 Å². The van der Waals surface area contributed by atoms with Crippen LogP contribution in [0.15, 0.2) is 0 Å². The summed E-state index contributed by atoms with van der Waals surface area (Å²) in [4.78, 5) is 98.0. The van der Waals surface area contributed by atoms with Gasteiger partial charge in [0.05, 0.1) is 18.9 Å². The normalized spacial score (nSPS) is 14.5. The summed E-state index contributed by atoms with van der Waals surface area (Å²) in [6.07, 6.45) is -3.00. The molecule has 43 heavy (non-hydrogen) atoms. The maximum atomic E-state index is 11.8. The minimum atomic E-state index is -2.06. The Morgan fingerprint density at radius 3 is 1.35 bits per heavy atom. The molecule has 0 bridgehead atoms. The van der Waals surface area contributed by atoms with Crippen molar-refractivity contribution in [1.29, 1.82) is 0 Å². The molecule has 244 valence electrons. The van der Waals surface area contributed by atoms with Crippen molar-refractivity contribution in [2.45, 2.75) is 89.2 Å². The van der Waals surface area contributed by atoms with Crippen molar-refractivity contribution in [3.05, 3.63) is 0 Å². The summed E-state index contributed by atoms with van der Waals surface area (Å²) in [5.74, 6) is -10.2. The first-order chi connectivity index (χ1) is 19.6. The van der Waals surface area contributed by atoms with Crippen LogP contribution in [-0.2, 0) is 43.2 Å². The van der Waals surface area contributed by atoms with Crippen molar-refractivity contribution in [2.75, 3.05) is 0 Å². The van der Waals surface area contributed by atoms with Crippen LogP contribution in [0.3, 0.4) is 0 Å². The second kappa shape index (κ2) is 19.3. The van der Waals surface area contributed by atoms with Gasteiger partial charge in [0.15, 0.2) is 0 Å². The average Bonchev–Trinajstić information content (AvgIpc) is 2.82. The fourth-order valence-electron chi connectivity index (χ4n) is 3.22. The van der Waals surface area contributed by atoms with Crippen molar-refractivity contribution in [3.8, 4) is 0 Å². The van der Waals surface area contributed by atoms with E-state index in [1.54, 1.807) is 0 Å². The van der Waals surface area contributed by atoms with E-state index < -0.39 is 109 Å². The highest BCUT2D eigenvalue weighted by Crippen LogP contribution is 2.14. The molecule has 0 aromatic carbocycles. The van der Waals surface area contributed by atoms with E-state index in [0.29, 0.717) is 0 Å². The number of carboxylic acids is 6. The standard InChI is InChI=1S/C12H20N2O8.C11H16N2O8/c1-6(15)13-8(5-10(18)19)12(2,22)14-7(11(20)21)3-4-9(16)17;1-5(14)12-7(4-9(17)18)10(19)13-6(11(20)21)2-3-8(15)16/h7-8,14,22H,3-5H2,1-2H3,(H,13,15)(H,16,17)(H,18,19)(H,20,21);6-7H,2-4H2,1H3,(H,12,14)(H,13,19)(H,15,16)(H,17,18)(H,20,21). The third-order valence-electron chi connectivity index (χ3n) is 5.18. The Hall–Kier alpha value is -4.85. The molecule has 0 heterocycles. The SMILES string of the molecule is CC(=O)NC(CC(=O)O)C(=O)NC(CCC(=O)O)C(=O)O.CC(=O)NC(CC(=O)O)C(C)(O)NC(CCC(=O)O)C(=O)O. The molecule has 0 fully saturated rings. The third kappa shape index (κ3) is 19.8. The second-order valence-electron chi connectivity index (χ2n) is 9.15. The van der Waals surface area contributed by atoms with Gasteiger partial charge in [-0.25, -0.2) is 4.79 Å². The molecule has 0 saturated heterocycles. The highest BCUT2D eigenvalue weighted by atomic mass is 16.4. The molecule has 20 nitrogen and oxygen atoms in total. The molecule has 0 aliphatic rings. The van der Waals surface area contributed by atoms with Crippen LogP contribution >= 0.6 is 0 Å². The zero-order valence-corrected chi connectivity index (χ0v) is 23.4. The minimum absolute atomic E-state index is 0.319. The zero-order chi connectivity index (χ0) is 34.1. The van der Waals surface area contributed by atoms with Gasteiger partial charge in [-0.1, -0.05) is 0 Å². The van der Waals surface area contributed by atoms with Crippen LogP contribution in [0, 0.1) is 0 Å². The zero-order valence-electron chi connectivity index (χ0n) is 23.4. The number of hydrogen-bond donors (Lipinski definition) is 11. The number of carbonyl (C=O) groups excluding carboxylic acids is 3. The van der Waals surface area contributed by atoms with E-state index in [2.05, 4.69) is 16.0 Å². The molecule has 0 aromatic rings. The highest BCUT2D eigenvalue weighted by molar-refractivity contribution is 5.92. The maximum absolute atomic E-state index is 11.8. The predicted molar refractivity (Wildman–Crippen MR) is 138 cm³/mol. The van der Waals surface area contributed by atoms with Gasteiger partial charge in [-0.05, 0) is 19.8 Å². The van der Waals surface area contributed by atoms with E-state index in [1.165, 1.54) is 0 Å². The summed E-state index contributed by atoms with van der Waals surface area (Å²) < 4.78 is 0. The van der Waals surface area contributed by atoms with Crippen LogP contribution in [0.25, 0.3) is 0 Å². The molecule has 20 heteroatoms. The van der Waals surface area contributed by atoms with E-state index in [0.717, 1.165) is 20.8 Å². The summed E-state index contributed by atoms with van der Waals surface area (Å²) in [7, 11) is 0. The van der Waals surface area contributed by atoms with Gasteiger partial charge in [-0.2, -0.15) is 0 Å². The minimum Gasteiger partial charge on any atom is -0.481 e. The Morgan fingerprint density at radius 1 is 0.581 bits per heavy atom.